The summed E-state index contributed by atoms with van der Waals surface area (Å²) in [5.41, 5.74) is 0. The molecule has 0 saturated heterocycles. The van der Waals surface area contributed by atoms with Crippen LogP contribution in [0.3, 0.4) is 0 Å². The third-order valence-electron chi connectivity index (χ3n) is 0. The topological polar surface area (TPSA) is 419 Å². The molecule has 128 valence electrons. The van der Waals surface area contributed by atoms with Gasteiger partial charge in [-0.05, 0) is 0 Å². The van der Waals surface area contributed by atoms with Crippen LogP contribution in [0, 0.1) is 46.0 Å². The van der Waals surface area contributed by atoms with E-state index in [1.165, 1.54) is 0 Å². The summed E-state index contributed by atoms with van der Waals surface area (Å²) in [6, 6.07) is 0. The molecule has 0 radical (unpaired) electrons. The Labute approximate surface area is 118 Å². The van der Waals surface area contributed by atoms with Gasteiger partial charge in [-0.15, -0.1) is 0 Å². The first-order valence-corrected chi connectivity index (χ1v) is 1.64. The number of nitrogens with zero attached hydrogens (tertiary/aromatic N) is 3. The molecule has 0 atom stereocenters. The van der Waals surface area contributed by atoms with Gasteiger partial charge in [-0.25, -0.2) is 0 Å². The smallest absolute Gasteiger partial charge is 0.412 e. The maximum Gasteiger partial charge on any atom is 3.00 e. The molecule has 0 rings (SSSR count). The van der Waals surface area contributed by atoms with Gasteiger partial charge in [0.15, 0.2) is 0 Å². The van der Waals surface area contributed by atoms with E-state index in [9.17, 15) is 0 Å². The van der Waals surface area contributed by atoms with E-state index in [-0.39, 0.29) is 55.7 Å². The van der Waals surface area contributed by atoms with Crippen molar-refractivity contribution >= 4 is 17.4 Å². The Hall–Kier alpha value is -2.15. The fourth-order valence-corrected chi connectivity index (χ4v) is 0. The molecule has 0 aliphatic rings. The van der Waals surface area contributed by atoms with Gasteiger partial charge in [0.2, 0.25) is 0 Å². The predicted molar refractivity (Wildman–Crippen MR) is 62.1 cm³/mol. The Morgan fingerprint density at radius 2 is 0.400 bits per heavy atom. The van der Waals surface area contributed by atoms with Crippen molar-refractivity contribution in [3.63, 3.8) is 0 Å². The van der Waals surface area contributed by atoms with Crippen molar-refractivity contribution in [1.29, 1.82) is 0 Å². The van der Waals surface area contributed by atoms with Gasteiger partial charge in [-0.1, -0.05) is 0 Å². The Morgan fingerprint density at radius 1 is 0.400 bits per heavy atom. The van der Waals surface area contributed by atoms with E-state index in [0.29, 0.717) is 0 Å². The van der Waals surface area contributed by atoms with Crippen LogP contribution in [0.1, 0.15) is 0 Å². The van der Waals surface area contributed by atoms with Crippen molar-refractivity contribution in [1.82, 2.24) is 0 Å². The van der Waals surface area contributed by atoms with E-state index < -0.39 is 15.3 Å². The summed E-state index contributed by atoms with van der Waals surface area (Å²) in [5, 5.41) is 44.2. The summed E-state index contributed by atoms with van der Waals surface area (Å²) in [6.07, 6.45) is 0. The Kier molecular flexibility index (Phi) is 487. The molecule has 0 saturated carbocycles. The fraction of sp³-hybridized carbons (Fsp3) is 0. The van der Waals surface area contributed by atoms with Gasteiger partial charge >= 0.3 is 17.4 Å². The molecule has 0 aliphatic heterocycles. The Bertz CT molecular complexity index is 115. The molecule has 0 aromatic heterocycles. The number of hydrogen-bond donors (Lipinski definition) is 0. The van der Waals surface area contributed by atoms with E-state index in [0.717, 1.165) is 0 Å². The van der Waals surface area contributed by atoms with E-state index in [2.05, 4.69) is 0 Å². The van der Waals surface area contributed by atoms with Crippen LogP contribution >= 0.6 is 0 Å². The minimum atomic E-state index is -1.75. The van der Waals surface area contributed by atoms with Crippen molar-refractivity contribution in [3.8, 4) is 0 Å². The normalized spacial score (nSPS) is 3.60. The van der Waals surface area contributed by atoms with Crippen LogP contribution in [0.5, 0.6) is 0 Å². The van der Waals surface area contributed by atoms with E-state index >= 15 is 0 Å². The third kappa shape index (κ3) is 758. The molecule has 0 bridgehead atoms. The van der Waals surface area contributed by atoms with Crippen LogP contribution in [0.4, 0.5) is 0 Å². The largest absolute Gasteiger partial charge is 3.00 e. The molecular weight excluding hydrogens is 325 g/mol. The summed E-state index contributed by atoms with van der Waals surface area (Å²) in [7, 11) is 0. The van der Waals surface area contributed by atoms with Crippen molar-refractivity contribution in [2.24, 2.45) is 0 Å². The van der Waals surface area contributed by atoms with Crippen LogP contribution in [0.2, 0.25) is 0 Å². The van der Waals surface area contributed by atoms with Crippen molar-refractivity contribution in [2.45, 2.75) is 0 Å². The second-order valence-corrected chi connectivity index (χ2v) is 0.671. The zero-order valence-electron chi connectivity index (χ0n) is 9.09. The molecule has 0 spiro atoms. The van der Waals surface area contributed by atoms with E-state index in [1.807, 2.05) is 0 Å². The number of hydrogen-bond acceptors (Lipinski definition) is 9. The van der Waals surface area contributed by atoms with Crippen molar-refractivity contribution in [3.05, 3.63) is 46.0 Å². The Balaban J connectivity index is -0.00000000562. The molecule has 0 heterocycles. The van der Waals surface area contributed by atoms with Crippen LogP contribution in [-0.4, -0.2) is 71.0 Å². The fourth-order valence-electron chi connectivity index (χ4n) is 0. The minimum absolute atomic E-state index is 0. The van der Waals surface area contributed by atoms with Gasteiger partial charge in [0.05, 0.1) is 15.3 Å². The molecule has 0 fully saturated rings. The first kappa shape index (κ1) is 108. The van der Waals surface area contributed by atoms with Gasteiger partial charge in [-0.2, -0.15) is 0 Å². The zero-order chi connectivity index (χ0) is 10.7. The van der Waals surface area contributed by atoms with Crippen molar-refractivity contribution < 1.29 is 53.6 Å². The molecule has 0 amide bonds. The average molecular weight is 339 g/mol. The maximum atomic E-state index is 8.25. The van der Waals surface area contributed by atoms with Gasteiger partial charge in [-0.3, -0.25) is 0 Å². The van der Waals surface area contributed by atoms with Crippen molar-refractivity contribution in [2.75, 3.05) is 0 Å². The molecule has 0 aromatic rings. The average Bonchev–Trinajstić information content (AvgIpc) is 1.54. The standard InChI is InChI=1S/Al.3NO3.7H2O/c;3*2-1(3)4;;;;;;;/h;;;;7*1H2/q+3;3*-1;;;;;;;. The molecule has 19 nitrogen and oxygen atoms in total. The molecule has 14 N–H and O–H groups in total. The molecule has 0 aromatic carbocycles. The predicted octanol–water partition coefficient (Wildman–Crippen LogP) is -6.87. The summed E-state index contributed by atoms with van der Waals surface area (Å²) < 4.78 is 0. The first-order valence-electron chi connectivity index (χ1n) is 1.64. The van der Waals surface area contributed by atoms with Gasteiger partial charge in [0.25, 0.3) is 0 Å². The van der Waals surface area contributed by atoms with Crippen LogP contribution in [0.25, 0.3) is 0 Å². The molecular formula is H14AlN3O16. The summed E-state index contributed by atoms with van der Waals surface area (Å²) in [5.74, 6) is 0. The van der Waals surface area contributed by atoms with Crippen LogP contribution in [-0.2, 0) is 0 Å². The summed E-state index contributed by atoms with van der Waals surface area (Å²) in [6.45, 7) is 0. The quantitative estimate of drug-likeness (QED) is 0.229. The molecule has 20 heteroatoms. The van der Waals surface area contributed by atoms with Crippen LogP contribution < -0.4 is 0 Å². The Morgan fingerprint density at radius 3 is 0.400 bits per heavy atom. The summed E-state index contributed by atoms with van der Waals surface area (Å²) >= 11 is 0. The maximum absolute atomic E-state index is 8.25. The van der Waals surface area contributed by atoms with Crippen LogP contribution in [0.15, 0.2) is 0 Å². The molecule has 0 unspecified atom stereocenters. The second kappa shape index (κ2) is 90.2. The third-order valence-corrected chi connectivity index (χ3v) is 0. The molecule has 20 heavy (non-hydrogen) atoms. The first-order chi connectivity index (χ1) is 5.20. The SMILES string of the molecule is O.O.O.O.O.O.O.O=[N+]([O-])[O-].O=[N+]([O-])[O-].O=[N+]([O-])[O-].[Al+3]. The summed E-state index contributed by atoms with van der Waals surface area (Å²) in [4.78, 5) is 24.8. The van der Waals surface area contributed by atoms with Gasteiger partial charge in [0.1, 0.15) is 0 Å². The van der Waals surface area contributed by atoms with Gasteiger partial charge in [0, 0.05) is 0 Å². The second-order valence-electron chi connectivity index (χ2n) is 0.671. The van der Waals surface area contributed by atoms with E-state index in [4.69, 9.17) is 46.0 Å². The monoisotopic (exact) mass is 339 g/mol. The zero-order valence-corrected chi connectivity index (χ0v) is 10.2. The molecule has 0 aliphatic carbocycles. The number of rotatable bonds is 0. The minimum Gasteiger partial charge on any atom is -0.412 e. The van der Waals surface area contributed by atoms with E-state index in [1.54, 1.807) is 0 Å². The van der Waals surface area contributed by atoms with Gasteiger partial charge < -0.3 is 84.3 Å².